The summed E-state index contributed by atoms with van der Waals surface area (Å²) >= 11 is 0. The highest BCUT2D eigenvalue weighted by molar-refractivity contribution is 5.21. The highest BCUT2D eigenvalue weighted by atomic mass is 14.9. The largest absolute Gasteiger partial charge is 0.314 e. The third-order valence-electron chi connectivity index (χ3n) is 3.85. The molecule has 0 aliphatic heterocycles. The molecular formula is C17H29N. The van der Waals surface area contributed by atoms with Crippen LogP contribution in [0.25, 0.3) is 0 Å². The van der Waals surface area contributed by atoms with Gasteiger partial charge in [-0.05, 0) is 44.2 Å². The maximum atomic E-state index is 3.70. The topological polar surface area (TPSA) is 12.0 Å². The predicted molar refractivity (Wildman–Crippen MR) is 81.0 cm³/mol. The third-order valence-corrected chi connectivity index (χ3v) is 3.85. The zero-order valence-corrected chi connectivity index (χ0v) is 12.5. The Labute approximate surface area is 113 Å². The third kappa shape index (κ3) is 5.22. The van der Waals surface area contributed by atoms with Crippen LogP contribution in [-0.4, -0.2) is 12.6 Å². The van der Waals surface area contributed by atoms with E-state index in [1.807, 2.05) is 0 Å². The van der Waals surface area contributed by atoms with E-state index in [1.54, 1.807) is 0 Å². The maximum Gasteiger partial charge on any atom is 0.00957 e. The molecule has 2 unspecified atom stereocenters. The molecule has 0 fully saturated rings. The summed E-state index contributed by atoms with van der Waals surface area (Å²) in [5.74, 6) is 0.766. The average Bonchev–Trinajstić information content (AvgIpc) is 2.40. The van der Waals surface area contributed by atoms with Crippen LogP contribution in [0.1, 0.15) is 51.2 Å². The van der Waals surface area contributed by atoms with Crippen LogP contribution in [-0.2, 0) is 6.42 Å². The molecule has 0 aromatic heterocycles. The molecule has 0 bridgehead atoms. The number of hydrogen-bond acceptors (Lipinski definition) is 1. The molecule has 18 heavy (non-hydrogen) atoms. The van der Waals surface area contributed by atoms with Crippen molar-refractivity contribution in [3.05, 3.63) is 35.4 Å². The lowest BCUT2D eigenvalue weighted by Crippen LogP contribution is -2.35. The van der Waals surface area contributed by atoms with Gasteiger partial charge in [-0.1, -0.05) is 57.0 Å². The summed E-state index contributed by atoms with van der Waals surface area (Å²) in [4.78, 5) is 0. The van der Waals surface area contributed by atoms with Crippen LogP contribution >= 0.6 is 0 Å². The molecule has 2 atom stereocenters. The van der Waals surface area contributed by atoms with E-state index in [0.29, 0.717) is 6.04 Å². The van der Waals surface area contributed by atoms with E-state index < -0.39 is 0 Å². The van der Waals surface area contributed by atoms with Crippen molar-refractivity contribution in [1.29, 1.82) is 0 Å². The zero-order valence-electron chi connectivity index (χ0n) is 12.5. The van der Waals surface area contributed by atoms with Gasteiger partial charge in [0.15, 0.2) is 0 Å². The molecular weight excluding hydrogens is 218 g/mol. The maximum absolute atomic E-state index is 3.70. The molecule has 1 heteroatoms. The molecule has 0 heterocycles. The van der Waals surface area contributed by atoms with E-state index in [0.717, 1.165) is 12.5 Å². The van der Waals surface area contributed by atoms with E-state index >= 15 is 0 Å². The summed E-state index contributed by atoms with van der Waals surface area (Å²) in [5.41, 5.74) is 2.81. The Bertz CT molecular complexity index is 315. The highest BCUT2D eigenvalue weighted by Crippen LogP contribution is 2.15. The first-order valence-corrected chi connectivity index (χ1v) is 7.46. The lowest BCUT2D eigenvalue weighted by molar-refractivity contribution is 0.348. The Morgan fingerprint density at radius 2 is 1.78 bits per heavy atom. The van der Waals surface area contributed by atoms with E-state index in [2.05, 4.69) is 57.3 Å². The molecule has 1 rings (SSSR count). The monoisotopic (exact) mass is 247 g/mol. The Morgan fingerprint density at radius 3 is 2.33 bits per heavy atom. The minimum Gasteiger partial charge on any atom is -0.314 e. The fourth-order valence-electron chi connectivity index (χ4n) is 2.28. The summed E-state index contributed by atoms with van der Waals surface area (Å²) in [7, 11) is 0. The van der Waals surface area contributed by atoms with Gasteiger partial charge in [-0.2, -0.15) is 0 Å². The summed E-state index contributed by atoms with van der Waals surface area (Å²) in [5, 5.41) is 3.70. The zero-order chi connectivity index (χ0) is 13.4. The van der Waals surface area contributed by atoms with Gasteiger partial charge in [-0.15, -0.1) is 0 Å². The van der Waals surface area contributed by atoms with Crippen molar-refractivity contribution in [2.45, 2.75) is 59.4 Å². The summed E-state index contributed by atoms with van der Waals surface area (Å²) in [6.45, 7) is 10.2. The Kier molecular flexibility index (Phi) is 7.04. The average molecular weight is 247 g/mol. The first kappa shape index (κ1) is 15.2. The van der Waals surface area contributed by atoms with Crippen LogP contribution in [0.2, 0.25) is 0 Å². The molecule has 1 aromatic carbocycles. The van der Waals surface area contributed by atoms with Gasteiger partial charge < -0.3 is 5.32 Å². The van der Waals surface area contributed by atoms with E-state index in [-0.39, 0.29) is 0 Å². The molecule has 0 saturated carbocycles. The number of benzene rings is 1. The molecule has 0 aliphatic carbocycles. The van der Waals surface area contributed by atoms with Gasteiger partial charge in [0.2, 0.25) is 0 Å². The quantitative estimate of drug-likeness (QED) is 0.720. The lowest BCUT2D eigenvalue weighted by atomic mass is 9.93. The fraction of sp³-hybridized carbons (Fsp3) is 0.647. The van der Waals surface area contributed by atoms with Gasteiger partial charge in [0.25, 0.3) is 0 Å². The Balaban J connectivity index is 2.47. The van der Waals surface area contributed by atoms with E-state index in [9.17, 15) is 0 Å². The molecule has 1 N–H and O–H groups in total. The van der Waals surface area contributed by atoms with Gasteiger partial charge in [0.1, 0.15) is 0 Å². The first-order valence-electron chi connectivity index (χ1n) is 7.46. The van der Waals surface area contributed by atoms with Crippen molar-refractivity contribution < 1.29 is 0 Å². The number of aryl methyl sites for hydroxylation is 2. The molecule has 1 aromatic rings. The second-order valence-electron chi connectivity index (χ2n) is 5.47. The predicted octanol–water partition coefficient (Wildman–Crippen LogP) is 4.34. The van der Waals surface area contributed by atoms with Gasteiger partial charge >= 0.3 is 0 Å². The summed E-state index contributed by atoms with van der Waals surface area (Å²) < 4.78 is 0. The van der Waals surface area contributed by atoms with Crippen molar-refractivity contribution >= 4 is 0 Å². The van der Waals surface area contributed by atoms with Gasteiger partial charge in [-0.3, -0.25) is 0 Å². The van der Waals surface area contributed by atoms with E-state index in [1.165, 1.54) is 36.8 Å². The van der Waals surface area contributed by atoms with Crippen molar-refractivity contribution in [3.8, 4) is 0 Å². The van der Waals surface area contributed by atoms with Crippen molar-refractivity contribution in [3.63, 3.8) is 0 Å². The van der Waals surface area contributed by atoms with Gasteiger partial charge in [0, 0.05) is 6.04 Å². The van der Waals surface area contributed by atoms with Crippen molar-refractivity contribution in [1.82, 2.24) is 5.32 Å². The fourth-order valence-corrected chi connectivity index (χ4v) is 2.28. The van der Waals surface area contributed by atoms with Crippen LogP contribution in [0.4, 0.5) is 0 Å². The highest BCUT2D eigenvalue weighted by Gasteiger charge is 2.14. The molecule has 0 aliphatic rings. The molecule has 0 radical (unpaired) electrons. The minimum absolute atomic E-state index is 0.663. The summed E-state index contributed by atoms with van der Waals surface area (Å²) in [6, 6.07) is 9.63. The molecule has 102 valence electrons. The Hall–Kier alpha value is -0.820. The van der Waals surface area contributed by atoms with Crippen LogP contribution < -0.4 is 5.32 Å². The van der Waals surface area contributed by atoms with Crippen LogP contribution in [0.5, 0.6) is 0 Å². The Morgan fingerprint density at radius 1 is 1.11 bits per heavy atom. The summed E-state index contributed by atoms with van der Waals surface area (Å²) in [6.07, 6.45) is 4.91. The van der Waals surface area contributed by atoms with Crippen LogP contribution in [0, 0.1) is 12.8 Å². The second kappa shape index (κ2) is 8.31. The van der Waals surface area contributed by atoms with Crippen molar-refractivity contribution in [2.24, 2.45) is 5.92 Å². The van der Waals surface area contributed by atoms with Gasteiger partial charge in [-0.25, -0.2) is 0 Å². The second-order valence-corrected chi connectivity index (χ2v) is 5.47. The normalized spacial score (nSPS) is 14.4. The molecule has 0 spiro atoms. The lowest BCUT2D eigenvalue weighted by Gasteiger charge is -2.24. The smallest absolute Gasteiger partial charge is 0.00957 e. The minimum atomic E-state index is 0.663. The SMILES string of the molecule is CCCNC(CCc1ccc(C)cc1)C(C)CC. The molecule has 0 saturated heterocycles. The molecule has 1 nitrogen and oxygen atoms in total. The molecule has 0 amide bonds. The number of hydrogen-bond donors (Lipinski definition) is 1. The standard InChI is InChI=1S/C17H29N/c1-5-13-18-17(15(4)6-2)12-11-16-9-7-14(3)8-10-16/h7-10,15,17-18H,5-6,11-13H2,1-4H3. The van der Waals surface area contributed by atoms with Crippen LogP contribution in [0.15, 0.2) is 24.3 Å². The number of rotatable bonds is 8. The number of nitrogens with one attached hydrogen (secondary N) is 1. The first-order chi connectivity index (χ1) is 8.67. The van der Waals surface area contributed by atoms with Crippen LogP contribution in [0.3, 0.4) is 0 Å². The van der Waals surface area contributed by atoms with Crippen molar-refractivity contribution in [2.75, 3.05) is 6.54 Å². The van der Waals surface area contributed by atoms with E-state index in [4.69, 9.17) is 0 Å². The van der Waals surface area contributed by atoms with Gasteiger partial charge in [0.05, 0.1) is 0 Å².